The molecule has 0 aromatic carbocycles. The van der Waals surface area contributed by atoms with E-state index in [1.807, 2.05) is 13.8 Å². The molecule has 2 atom stereocenters. The first kappa shape index (κ1) is 14.1. The van der Waals surface area contributed by atoms with Gasteiger partial charge in [0.05, 0.1) is 12.3 Å². The Labute approximate surface area is 102 Å². The van der Waals surface area contributed by atoms with Crippen LogP contribution in [0.2, 0.25) is 0 Å². The lowest BCUT2D eigenvalue weighted by molar-refractivity contribution is 0.106. The van der Waals surface area contributed by atoms with Gasteiger partial charge in [-0.1, -0.05) is 6.92 Å². The zero-order valence-electron chi connectivity index (χ0n) is 10.7. The molecular formula is C13H21FN2O. The molecular weight excluding hydrogens is 219 g/mol. The molecule has 0 fully saturated rings. The molecule has 0 spiro atoms. The Morgan fingerprint density at radius 3 is 2.82 bits per heavy atom. The zero-order valence-corrected chi connectivity index (χ0v) is 10.7. The molecule has 0 radical (unpaired) electrons. The number of aromatic nitrogens is 1. The molecule has 1 heterocycles. The van der Waals surface area contributed by atoms with Crippen LogP contribution in [-0.2, 0) is 4.74 Å². The molecule has 0 saturated heterocycles. The lowest BCUT2D eigenvalue weighted by atomic mass is 10.0. The fraction of sp³-hybridized carbons (Fsp3) is 0.615. The van der Waals surface area contributed by atoms with Gasteiger partial charge in [-0.25, -0.2) is 4.39 Å². The summed E-state index contributed by atoms with van der Waals surface area (Å²) in [5.74, 6) is -0.247. The number of nitrogens with zero attached hydrogens (tertiary/aromatic N) is 1. The second kappa shape index (κ2) is 7.35. The molecule has 3 nitrogen and oxygen atoms in total. The van der Waals surface area contributed by atoms with Gasteiger partial charge in [-0.2, -0.15) is 0 Å². The van der Waals surface area contributed by atoms with Gasteiger partial charge in [-0.15, -0.1) is 0 Å². The summed E-state index contributed by atoms with van der Waals surface area (Å²) in [7, 11) is 1.69. The molecule has 0 aliphatic heterocycles. The first-order chi connectivity index (χ1) is 8.19. The molecule has 1 aromatic heterocycles. The van der Waals surface area contributed by atoms with Crippen LogP contribution in [0.5, 0.6) is 0 Å². The predicted octanol–water partition coefficient (Wildman–Crippen LogP) is 2.69. The van der Waals surface area contributed by atoms with E-state index in [-0.39, 0.29) is 18.0 Å². The molecule has 2 unspecified atom stereocenters. The molecule has 1 rings (SSSR count). The van der Waals surface area contributed by atoms with E-state index in [4.69, 9.17) is 4.74 Å². The minimum atomic E-state index is -0.247. The molecule has 1 N–H and O–H groups in total. The van der Waals surface area contributed by atoms with Gasteiger partial charge >= 0.3 is 0 Å². The second-order valence-corrected chi connectivity index (χ2v) is 4.13. The number of ether oxygens (including phenoxy) is 1. The minimum absolute atomic E-state index is 0.0283. The van der Waals surface area contributed by atoms with Gasteiger partial charge in [-0.05, 0) is 32.4 Å². The number of hydrogen-bond donors (Lipinski definition) is 1. The molecule has 1 aromatic rings. The van der Waals surface area contributed by atoms with Crippen molar-refractivity contribution in [2.75, 3.05) is 13.7 Å². The third-order valence-electron chi connectivity index (χ3n) is 2.89. The highest BCUT2D eigenvalue weighted by Gasteiger charge is 2.15. The fourth-order valence-corrected chi connectivity index (χ4v) is 1.80. The van der Waals surface area contributed by atoms with Gasteiger partial charge in [0.2, 0.25) is 0 Å². The van der Waals surface area contributed by atoms with E-state index in [0.717, 1.165) is 19.4 Å². The Hall–Kier alpha value is -1.00. The largest absolute Gasteiger partial charge is 0.382 e. The lowest BCUT2D eigenvalue weighted by Gasteiger charge is -2.20. The number of halogens is 1. The van der Waals surface area contributed by atoms with E-state index in [0.29, 0.717) is 5.56 Å². The first-order valence-electron chi connectivity index (χ1n) is 6.04. The van der Waals surface area contributed by atoms with E-state index in [2.05, 4.69) is 10.3 Å². The van der Waals surface area contributed by atoms with Crippen molar-refractivity contribution in [3.05, 3.63) is 29.8 Å². The topological polar surface area (TPSA) is 34.1 Å². The molecule has 0 amide bonds. The minimum Gasteiger partial charge on any atom is -0.382 e. The van der Waals surface area contributed by atoms with E-state index < -0.39 is 0 Å². The number of nitrogens with one attached hydrogen (secondary N) is 1. The highest BCUT2D eigenvalue weighted by molar-refractivity contribution is 5.17. The molecule has 4 heteroatoms. The van der Waals surface area contributed by atoms with Gasteiger partial charge in [-0.3, -0.25) is 4.98 Å². The highest BCUT2D eigenvalue weighted by Crippen LogP contribution is 2.21. The van der Waals surface area contributed by atoms with Crippen molar-refractivity contribution in [3.8, 4) is 0 Å². The van der Waals surface area contributed by atoms with Crippen LogP contribution in [0, 0.1) is 5.82 Å². The van der Waals surface area contributed by atoms with Gasteiger partial charge < -0.3 is 10.1 Å². The van der Waals surface area contributed by atoms with Crippen molar-refractivity contribution in [2.45, 2.75) is 38.8 Å². The van der Waals surface area contributed by atoms with E-state index in [1.165, 1.54) is 6.20 Å². The van der Waals surface area contributed by atoms with Crippen molar-refractivity contribution < 1.29 is 9.13 Å². The maximum absolute atomic E-state index is 13.6. The Kier molecular flexibility index (Phi) is 6.08. The lowest BCUT2D eigenvalue weighted by Crippen LogP contribution is -2.23. The standard InChI is InChI=1S/C13H21FN2O/c1-4-16-13(6-5-10(2)17-3)11-7-8-15-9-12(11)14/h7-10,13,16H,4-6H2,1-3H3. The predicted molar refractivity (Wildman–Crippen MR) is 66.3 cm³/mol. The Bertz CT molecular complexity index is 333. The van der Waals surface area contributed by atoms with Gasteiger partial charge in [0, 0.05) is 24.9 Å². The number of rotatable bonds is 7. The molecule has 0 aliphatic rings. The van der Waals surface area contributed by atoms with Crippen LogP contribution in [0.1, 0.15) is 38.3 Å². The summed E-state index contributed by atoms with van der Waals surface area (Å²) in [5.41, 5.74) is 0.685. The van der Waals surface area contributed by atoms with Crippen LogP contribution < -0.4 is 5.32 Å². The molecule has 0 bridgehead atoms. The van der Waals surface area contributed by atoms with Crippen LogP contribution in [-0.4, -0.2) is 24.7 Å². The quantitative estimate of drug-likeness (QED) is 0.795. The normalized spacial score (nSPS) is 14.6. The molecule has 17 heavy (non-hydrogen) atoms. The van der Waals surface area contributed by atoms with Crippen molar-refractivity contribution in [1.29, 1.82) is 0 Å². The monoisotopic (exact) mass is 240 g/mol. The van der Waals surface area contributed by atoms with Gasteiger partial charge in [0.15, 0.2) is 0 Å². The summed E-state index contributed by atoms with van der Waals surface area (Å²) < 4.78 is 18.8. The highest BCUT2D eigenvalue weighted by atomic mass is 19.1. The number of hydrogen-bond acceptors (Lipinski definition) is 3. The van der Waals surface area contributed by atoms with Crippen molar-refractivity contribution in [3.63, 3.8) is 0 Å². The Morgan fingerprint density at radius 2 is 2.24 bits per heavy atom. The third kappa shape index (κ3) is 4.40. The van der Waals surface area contributed by atoms with E-state index in [9.17, 15) is 4.39 Å². The Morgan fingerprint density at radius 1 is 1.47 bits per heavy atom. The van der Waals surface area contributed by atoms with Crippen LogP contribution in [0.4, 0.5) is 4.39 Å². The van der Waals surface area contributed by atoms with Crippen molar-refractivity contribution in [1.82, 2.24) is 10.3 Å². The average Bonchev–Trinajstić information content (AvgIpc) is 2.35. The number of pyridine rings is 1. The fourth-order valence-electron chi connectivity index (χ4n) is 1.80. The Balaban J connectivity index is 2.68. The molecule has 0 aliphatic carbocycles. The summed E-state index contributed by atoms with van der Waals surface area (Å²) in [6, 6.07) is 1.76. The van der Waals surface area contributed by atoms with Gasteiger partial charge in [0.25, 0.3) is 0 Å². The van der Waals surface area contributed by atoms with Crippen LogP contribution in [0.3, 0.4) is 0 Å². The van der Waals surface area contributed by atoms with Crippen LogP contribution in [0.15, 0.2) is 18.5 Å². The zero-order chi connectivity index (χ0) is 12.7. The number of methoxy groups -OCH3 is 1. The summed E-state index contributed by atoms with van der Waals surface area (Å²) in [6.45, 7) is 4.85. The smallest absolute Gasteiger partial charge is 0.146 e. The summed E-state index contributed by atoms with van der Waals surface area (Å²) in [5, 5.41) is 3.30. The average molecular weight is 240 g/mol. The molecule has 96 valence electrons. The van der Waals surface area contributed by atoms with Crippen molar-refractivity contribution >= 4 is 0 Å². The maximum Gasteiger partial charge on any atom is 0.146 e. The van der Waals surface area contributed by atoms with Crippen molar-refractivity contribution in [2.24, 2.45) is 0 Å². The SMILES string of the molecule is CCNC(CCC(C)OC)c1ccncc1F. The summed E-state index contributed by atoms with van der Waals surface area (Å²) in [6.07, 6.45) is 4.84. The summed E-state index contributed by atoms with van der Waals surface area (Å²) >= 11 is 0. The van der Waals surface area contributed by atoms with E-state index in [1.54, 1.807) is 19.4 Å². The maximum atomic E-state index is 13.6. The first-order valence-corrected chi connectivity index (χ1v) is 6.04. The molecule has 0 saturated carbocycles. The third-order valence-corrected chi connectivity index (χ3v) is 2.89. The van der Waals surface area contributed by atoms with E-state index >= 15 is 0 Å². The second-order valence-electron chi connectivity index (χ2n) is 4.13. The van der Waals surface area contributed by atoms with Gasteiger partial charge in [0.1, 0.15) is 5.82 Å². The van der Waals surface area contributed by atoms with Crippen LogP contribution in [0.25, 0.3) is 0 Å². The summed E-state index contributed by atoms with van der Waals surface area (Å²) in [4.78, 5) is 3.77. The van der Waals surface area contributed by atoms with Crippen LogP contribution >= 0.6 is 0 Å².